The highest BCUT2D eigenvalue weighted by molar-refractivity contribution is 7.99. The van der Waals surface area contributed by atoms with Crippen LogP contribution < -0.4 is 5.73 Å². The first-order chi connectivity index (χ1) is 8.08. The summed E-state index contributed by atoms with van der Waals surface area (Å²) in [5.41, 5.74) is 5.21. The third-order valence-corrected chi connectivity index (χ3v) is 4.36. The Labute approximate surface area is 107 Å². The predicted molar refractivity (Wildman–Crippen MR) is 70.7 cm³/mol. The van der Waals surface area contributed by atoms with Gasteiger partial charge in [0.1, 0.15) is 0 Å². The fourth-order valence-corrected chi connectivity index (χ4v) is 3.05. The van der Waals surface area contributed by atoms with Crippen LogP contribution in [0.2, 0.25) is 0 Å². The largest absolute Gasteiger partial charge is 0.370 e. The number of hydrogen-bond donors (Lipinski definition) is 1. The summed E-state index contributed by atoms with van der Waals surface area (Å²) in [5, 5.41) is 0.0577. The molecule has 0 radical (unpaired) electrons. The Bertz CT molecular complexity index is 280. The minimum atomic E-state index is -0.263. The van der Waals surface area contributed by atoms with Crippen molar-refractivity contribution in [2.45, 2.75) is 37.9 Å². The van der Waals surface area contributed by atoms with Crippen molar-refractivity contribution >= 4 is 23.6 Å². The van der Waals surface area contributed by atoms with Crippen molar-refractivity contribution < 1.29 is 9.59 Å². The average molecular weight is 258 g/mol. The lowest BCUT2D eigenvalue weighted by Gasteiger charge is -2.34. The normalized spacial score (nSPS) is 22.2. The number of likely N-dealkylation sites (tertiary alicyclic amines) is 1. The van der Waals surface area contributed by atoms with Gasteiger partial charge in [0, 0.05) is 19.5 Å². The number of nitrogens with zero attached hydrogens (tertiary/aromatic N) is 1. The lowest BCUT2D eigenvalue weighted by Crippen LogP contribution is -2.44. The molecule has 5 heteroatoms. The molecule has 2 unspecified atom stereocenters. The topological polar surface area (TPSA) is 63.4 Å². The Morgan fingerprint density at radius 2 is 2.24 bits per heavy atom. The first kappa shape index (κ1) is 14.4. The van der Waals surface area contributed by atoms with E-state index in [-0.39, 0.29) is 23.0 Å². The van der Waals surface area contributed by atoms with E-state index < -0.39 is 0 Å². The quantitative estimate of drug-likeness (QED) is 0.807. The smallest absolute Gasteiger partial charge is 0.235 e. The van der Waals surface area contributed by atoms with Gasteiger partial charge in [-0.1, -0.05) is 6.92 Å². The van der Waals surface area contributed by atoms with Gasteiger partial charge < -0.3 is 10.6 Å². The van der Waals surface area contributed by atoms with Gasteiger partial charge >= 0.3 is 0 Å². The van der Waals surface area contributed by atoms with E-state index >= 15 is 0 Å². The minimum absolute atomic E-state index is 0.0577. The van der Waals surface area contributed by atoms with Crippen molar-refractivity contribution in [3.8, 4) is 0 Å². The third kappa shape index (κ3) is 4.22. The number of piperidine rings is 1. The predicted octanol–water partition coefficient (Wildman–Crippen LogP) is 1.24. The lowest BCUT2D eigenvalue weighted by atomic mass is 9.94. The standard InChI is InChI=1S/C12H22N2O2S/c1-3-10(17-2)12(16)14-6-4-5-9(8-14)7-11(13)15/h9-10H,3-8H2,1-2H3,(H2,13,15). The highest BCUT2D eigenvalue weighted by Gasteiger charge is 2.28. The summed E-state index contributed by atoms with van der Waals surface area (Å²) in [5.74, 6) is 0.208. The molecular weight excluding hydrogens is 236 g/mol. The molecule has 4 nitrogen and oxygen atoms in total. The molecular formula is C12H22N2O2S. The molecule has 1 rings (SSSR count). The molecule has 2 N–H and O–H groups in total. The second-order valence-corrected chi connectivity index (χ2v) is 5.64. The first-order valence-electron chi connectivity index (χ1n) is 6.18. The summed E-state index contributed by atoms with van der Waals surface area (Å²) in [6.07, 6.45) is 5.21. The van der Waals surface area contributed by atoms with Gasteiger partial charge in [0.15, 0.2) is 0 Å². The molecule has 2 atom stereocenters. The molecule has 1 aliphatic rings. The van der Waals surface area contributed by atoms with Crippen molar-refractivity contribution in [1.82, 2.24) is 4.90 Å². The fourth-order valence-electron chi connectivity index (χ4n) is 2.36. The summed E-state index contributed by atoms with van der Waals surface area (Å²) < 4.78 is 0. The number of amides is 2. The van der Waals surface area contributed by atoms with Crippen LogP contribution in [0.1, 0.15) is 32.6 Å². The SMILES string of the molecule is CCC(SC)C(=O)N1CCCC(CC(N)=O)C1. The second kappa shape index (κ2) is 6.89. The van der Waals surface area contributed by atoms with Crippen LogP contribution in [0.4, 0.5) is 0 Å². The van der Waals surface area contributed by atoms with E-state index in [1.807, 2.05) is 18.1 Å². The maximum atomic E-state index is 12.2. The molecule has 0 aromatic rings. The zero-order valence-electron chi connectivity index (χ0n) is 10.6. The van der Waals surface area contributed by atoms with E-state index in [2.05, 4.69) is 0 Å². The second-order valence-electron chi connectivity index (χ2n) is 4.60. The number of carbonyl (C=O) groups excluding carboxylic acids is 2. The van der Waals surface area contributed by atoms with E-state index in [0.29, 0.717) is 13.0 Å². The summed E-state index contributed by atoms with van der Waals surface area (Å²) in [7, 11) is 0. The number of nitrogens with two attached hydrogens (primary N) is 1. The van der Waals surface area contributed by atoms with E-state index in [1.54, 1.807) is 11.8 Å². The van der Waals surface area contributed by atoms with Gasteiger partial charge in [0.2, 0.25) is 11.8 Å². The monoisotopic (exact) mass is 258 g/mol. The molecule has 1 heterocycles. The molecule has 0 saturated carbocycles. The van der Waals surface area contributed by atoms with Gasteiger partial charge in [0.05, 0.1) is 5.25 Å². The molecule has 1 aliphatic heterocycles. The Morgan fingerprint density at radius 1 is 1.53 bits per heavy atom. The number of thioether (sulfide) groups is 1. The van der Waals surface area contributed by atoms with Gasteiger partial charge in [-0.15, -0.1) is 0 Å². The van der Waals surface area contributed by atoms with Crippen molar-refractivity contribution in [3.05, 3.63) is 0 Å². The Kier molecular flexibility index (Phi) is 5.82. The van der Waals surface area contributed by atoms with E-state index in [9.17, 15) is 9.59 Å². The van der Waals surface area contributed by atoms with Crippen LogP contribution in [0.25, 0.3) is 0 Å². The number of primary amides is 1. The zero-order chi connectivity index (χ0) is 12.8. The van der Waals surface area contributed by atoms with Crippen LogP contribution in [-0.2, 0) is 9.59 Å². The summed E-state index contributed by atoms with van der Waals surface area (Å²) in [6.45, 7) is 3.55. The molecule has 0 aromatic carbocycles. The van der Waals surface area contributed by atoms with Gasteiger partial charge in [-0.3, -0.25) is 9.59 Å². The number of carbonyl (C=O) groups is 2. The Morgan fingerprint density at radius 3 is 2.76 bits per heavy atom. The minimum Gasteiger partial charge on any atom is -0.370 e. The van der Waals surface area contributed by atoms with Crippen LogP contribution in [-0.4, -0.2) is 41.3 Å². The van der Waals surface area contributed by atoms with Crippen molar-refractivity contribution in [2.75, 3.05) is 19.3 Å². The molecule has 98 valence electrons. The molecule has 1 saturated heterocycles. The summed E-state index contributed by atoms with van der Waals surface area (Å²) in [4.78, 5) is 25.0. The van der Waals surface area contributed by atoms with Gasteiger partial charge in [-0.05, 0) is 31.4 Å². The molecule has 0 aromatic heterocycles. The van der Waals surface area contributed by atoms with Crippen molar-refractivity contribution in [3.63, 3.8) is 0 Å². The van der Waals surface area contributed by atoms with E-state index in [4.69, 9.17) is 5.73 Å². The summed E-state index contributed by atoms with van der Waals surface area (Å²) >= 11 is 1.60. The molecule has 0 spiro atoms. The molecule has 0 aliphatic carbocycles. The van der Waals surface area contributed by atoms with Crippen LogP contribution in [0, 0.1) is 5.92 Å². The Hall–Kier alpha value is -0.710. The average Bonchev–Trinajstić information content (AvgIpc) is 2.30. The van der Waals surface area contributed by atoms with Gasteiger partial charge in [0.25, 0.3) is 0 Å². The Balaban J connectivity index is 2.53. The van der Waals surface area contributed by atoms with E-state index in [0.717, 1.165) is 25.8 Å². The highest BCUT2D eigenvalue weighted by Crippen LogP contribution is 2.22. The number of rotatable bonds is 5. The van der Waals surface area contributed by atoms with Gasteiger partial charge in [-0.2, -0.15) is 11.8 Å². The fraction of sp³-hybridized carbons (Fsp3) is 0.833. The zero-order valence-corrected chi connectivity index (χ0v) is 11.5. The van der Waals surface area contributed by atoms with Crippen molar-refractivity contribution in [2.24, 2.45) is 11.7 Å². The third-order valence-electron chi connectivity index (χ3n) is 3.25. The number of hydrogen-bond acceptors (Lipinski definition) is 3. The lowest BCUT2D eigenvalue weighted by molar-refractivity contribution is -0.133. The van der Waals surface area contributed by atoms with E-state index in [1.165, 1.54) is 0 Å². The van der Waals surface area contributed by atoms with Crippen molar-refractivity contribution in [1.29, 1.82) is 0 Å². The highest BCUT2D eigenvalue weighted by atomic mass is 32.2. The molecule has 1 fully saturated rings. The summed E-state index contributed by atoms with van der Waals surface area (Å²) in [6, 6.07) is 0. The van der Waals surface area contributed by atoms with Crippen LogP contribution >= 0.6 is 11.8 Å². The molecule has 17 heavy (non-hydrogen) atoms. The van der Waals surface area contributed by atoms with Crippen LogP contribution in [0.3, 0.4) is 0 Å². The maximum Gasteiger partial charge on any atom is 0.235 e. The molecule has 0 bridgehead atoms. The molecule has 2 amide bonds. The van der Waals surface area contributed by atoms with Crippen LogP contribution in [0.15, 0.2) is 0 Å². The van der Waals surface area contributed by atoms with Crippen LogP contribution in [0.5, 0.6) is 0 Å². The first-order valence-corrected chi connectivity index (χ1v) is 7.47. The maximum absolute atomic E-state index is 12.2. The van der Waals surface area contributed by atoms with Gasteiger partial charge in [-0.25, -0.2) is 0 Å².